The molecule has 0 spiro atoms. The van der Waals surface area contributed by atoms with E-state index in [0.29, 0.717) is 24.1 Å². The molecule has 0 aromatic heterocycles. The van der Waals surface area contributed by atoms with Crippen LogP contribution in [-0.4, -0.2) is 77.2 Å². The zero-order valence-corrected chi connectivity index (χ0v) is 28.8. The molecule has 1 aromatic rings. The van der Waals surface area contributed by atoms with Gasteiger partial charge in [0.15, 0.2) is 0 Å². The maximum absolute atomic E-state index is 13.1. The van der Waals surface area contributed by atoms with Crippen molar-refractivity contribution in [2.24, 2.45) is 11.8 Å². The Bertz CT molecular complexity index is 1270. The number of rotatable bonds is 13. The molecule has 3 rings (SSSR count). The molecule has 1 heterocycles. The third kappa shape index (κ3) is 11.5. The first kappa shape index (κ1) is 37.9. The van der Waals surface area contributed by atoms with Crippen molar-refractivity contribution in [1.82, 2.24) is 15.5 Å². The number of nitrogens with one attached hydrogen (secondary N) is 2. The van der Waals surface area contributed by atoms with Crippen molar-refractivity contribution in [3.05, 3.63) is 71.5 Å². The van der Waals surface area contributed by atoms with Crippen LogP contribution in [0.4, 0.5) is 0 Å². The molecule has 248 valence electrons. The maximum Gasteiger partial charge on any atom is 0.313 e. The van der Waals surface area contributed by atoms with Crippen LogP contribution in [0.1, 0.15) is 59.9 Å². The highest BCUT2D eigenvalue weighted by Gasteiger charge is 2.34. The monoisotopic (exact) mass is 689 g/mol. The summed E-state index contributed by atoms with van der Waals surface area (Å²) in [6.07, 6.45) is 6.21. The van der Waals surface area contributed by atoms with Crippen LogP contribution in [0.25, 0.3) is 0 Å². The molecule has 11 heteroatoms. The van der Waals surface area contributed by atoms with Crippen LogP contribution in [0.3, 0.4) is 0 Å². The molecule has 2 unspecified atom stereocenters. The van der Waals surface area contributed by atoms with Crippen molar-refractivity contribution in [3.8, 4) is 0 Å². The van der Waals surface area contributed by atoms with Crippen molar-refractivity contribution in [1.29, 1.82) is 0 Å². The van der Waals surface area contributed by atoms with Gasteiger partial charge in [0.25, 0.3) is 0 Å². The van der Waals surface area contributed by atoms with Gasteiger partial charge in [0, 0.05) is 30.7 Å². The van der Waals surface area contributed by atoms with Crippen LogP contribution >= 0.6 is 17.0 Å². The van der Waals surface area contributed by atoms with E-state index in [9.17, 15) is 24.3 Å². The number of nitrogens with zero attached hydrogens (tertiary/aromatic N) is 1. The van der Waals surface area contributed by atoms with E-state index in [0.717, 1.165) is 12.0 Å². The SMILES string of the molecule is Br.CC(C)C(=O)OC=C1C=C(C(O)CNC(C)(C)CNC(=O)[C@@H]2CCCN2C(=O)Cc2ccccc2)C=CC1OC(=O)C(C)C. The third-order valence-corrected chi connectivity index (χ3v) is 7.56. The smallest absolute Gasteiger partial charge is 0.313 e. The Kier molecular flexibility index (Phi) is 14.7. The lowest BCUT2D eigenvalue weighted by Crippen LogP contribution is -2.54. The van der Waals surface area contributed by atoms with Crippen molar-refractivity contribution in [2.75, 3.05) is 19.6 Å². The highest BCUT2D eigenvalue weighted by Crippen LogP contribution is 2.24. The molecule has 2 aliphatic rings. The van der Waals surface area contributed by atoms with Gasteiger partial charge in [-0.05, 0) is 50.0 Å². The van der Waals surface area contributed by atoms with E-state index in [1.165, 1.54) is 6.26 Å². The summed E-state index contributed by atoms with van der Waals surface area (Å²) < 4.78 is 10.8. The summed E-state index contributed by atoms with van der Waals surface area (Å²) in [5.74, 6) is -1.75. The van der Waals surface area contributed by atoms with Gasteiger partial charge < -0.3 is 30.1 Å². The van der Waals surface area contributed by atoms with Crippen molar-refractivity contribution >= 4 is 40.7 Å². The summed E-state index contributed by atoms with van der Waals surface area (Å²) in [5, 5.41) is 17.3. The van der Waals surface area contributed by atoms with Gasteiger partial charge in [-0.3, -0.25) is 19.2 Å². The number of carbonyl (C=O) groups is 4. The van der Waals surface area contributed by atoms with Crippen LogP contribution in [0.2, 0.25) is 0 Å². The van der Waals surface area contributed by atoms with E-state index >= 15 is 0 Å². The Morgan fingerprint density at radius 3 is 2.38 bits per heavy atom. The van der Waals surface area contributed by atoms with Gasteiger partial charge in [0.1, 0.15) is 18.4 Å². The van der Waals surface area contributed by atoms with Gasteiger partial charge in [0.2, 0.25) is 11.8 Å². The number of esters is 2. The molecular weight excluding hydrogens is 642 g/mol. The number of hydrogen-bond donors (Lipinski definition) is 3. The molecule has 1 fully saturated rings. The largest absolute Gasteiger partial charge is 0.453 e. The molecule has 1 saturated heterocycles. The normalized spacial score (nSPS) is 19.6. The molecule has 1 aromatic carbocycles. The van der Waals surface area contributed by atoms with Crippen molar-refractivity contribution in [2.45, 2.75) is 84.6 Å². The van der Waals surface area contributed by atoms with Gasteiger partial charge in [-0.1, -0.05) is 64.1 Å². The van der Waals surface area contributed by atoms with Gasteiger partial charge >= 0.3 is 11.9 Å². The minimum Gasteiger partial charge on any atom is -0.453 e. The molecule has 1 aliphatic carbocycles. The van der Waals surface area contributed by atoms with Crippen LogP contribution < -0.4 is 10.6 Å². The van der Waals surface area contributed by atoms with Crippen molar-refractivity contribution in [3.63, 3.8) is 0 Å². The Labute approximate surface area is 277 Å². The second-order valence-electron chi connectivity index (χ2n) is 12.6. The summed E-state index contributed by atoms with van der Waals surface area (Å²) in [5.41, 5.74) is 1.31. The number of benzene rings is 1. The van der Waals surface area contributed by atoms with Crippen LogP contribution in [0, 0.1) is 11.8 Å². The highest BCUT2D eigenvalue weighted by molar-refractivity contribution is 8.93. The molecule has 45 heavy (non-hydrogen) atoms. The number of carbonyl (C=O) groups excluding carboxylic acids is 4. The van der Waals surface area contributed by atoms with Crippen LogP contribution in [-0.2, 0) is 35.1 Å². The maximum atomic E-state index is 13.1. The van der Waals surface area contributed by atoms with E-state index in [-0.39, 0.29) is 60.1 Å². The first-order valence-electron chi connectivity index (χ1n) is 15.3. The number of likely N-dealkylation sites (tertiary alicyclic amines) is 1. The van der Waals surface area contributed by atoms with E-state index in [1.807, 2.05) is 44.2 Å². The number of aliphatic hydroxyl groups is 1. The number of β-amino-alcohol motifs (C(OH)–C–C–N with tert-alkyl or cyclic N) is 1. The van der Waals surface area contributed by atoms with E-state index < -0.39 is 35.7 Å². The summed E-state index contributed by atoms with van der Waals surface area (Å²) >= 11 is 0. The predicted octanol–water partition coefficient (Wildman–Crippen LogP) is 3.79. The Morgan fingerprint density at radius 1 is 1.07 bits per heavy atom. The van der Waals surface area contributed by atoms with E-state index in [1.54, 1.807) is 50.8 Å². The summed E-state index contributed by atoms with van der Waals surface area (Å²) in [4.78, 5) is 52.0. The number of aliphatic hydroxyl groups excluding tert-OH is 1. The number of halogens is 1. The zero-order valence-electron chi connectivity index (χ0n) is 27.1. The first-order valence-corrected chi connectivity index (χ1v) is 15.3. The molecule has 0 bridgehead atoms. The molecule has 0 radical (unpaired) electrons. The van der Waals surface area contributed by atoms with Gasteiger partial charge in [-0.25, -0.2) is 0 Å². The lowest BCUT2D eigenvalue weighted by atomic mass is 9.95. The minimum atomic E-state index is -0.937. The fourth-order valence-corrected chi connectivity index (χ4v) is 4.76. The standard InChI is InChI=1S/C34H47N3O7.BrH/c1-22(2)32(41)43-20-26-18-25(14-15-29(26)44-33(42)23(3)4)28(38)19-36-34(5,6)21-35-31(40)27-13-10-16-37(27)30(39)17-24-11-8-7-9-12-24;/h7-9,11-12,14-15,18,20,22-23,27-29,36,38H,10,13,16-17,19,21H2,1-6H3,(H,35,40);1H/t27-,28?,29?;/m0./s1. The fraction of sp³-hybridized carbons (Fsp3) is 0.529. The lowest BCUT2D eigenvalue weighted by Gasteiger charge is -2.31. The summed E-state index contributed by atoms with van der Waals surface area (Å²) in [6, 6.07) is 9.00. The Hall–Kier alpha value is -3.28. The third-order valence-electron chi connectivity index (χ3n) is 7.56. The zero-order chi connectivity index (χ0) is 32.4. The Morgan fingerprint density at radius 2 is 1.73 bits per heavy atom. The molecule has 1 aliphatic heterocycles. The average Bonchev–Trinajstić information content (AvgIpc) is 3.49. The Balaban J connectivity index is 0.00000705. The molecular formula is C34H48BrN3O7. The van der Waals surface area contributed by atoms with E-state index in [2.05, 4.69) is 10.6 Å². The molecule has 3 N–H and O–H groups in total. The van der Waals surface area contributed by atoms with Crippen molar-refractivity contribution < 1.29 is 33.8 Å². The van der Waals surface area contributed by atoms with Crippen LogP contribution in [0.5, 0.6) is 0 Å². The number of ether oxygens (including phenoxy) is 2. The van der Waals surface area contributed by atoms with Gasteiger partial charge in [-0.15, -0.1) is 17.0 Å². The quantitative estimate of drug-likeness (QED) is 0.211. The van der Waals surface area contributed by atoms with Gasteiger partial charge in [0.05, 0.1) is 24.4 Å². The fourth-order valence-electron chi connectivity index (χ4n) is 4.76. The molecule has 3 atom stereocenters. The summed E-state index contributed by atoms with van der Waals surface area (Å²) in [6.45, 7) is 11.7. The minimum absolute atomic E-state index is 0. The average molecular weight is 691 g/mol. The molecule has 2 amide bonds. The second-order valence-corrected chi connectivity index (χ2v) is 12.6. The highest BCUT2D eigenvalue weighted by atomic mass is 79.9. The second kappa shape index (κ2) is 17.4. The first-order chi connectivity index (χ1) is 20.8. The molecule has 10 nitrogen and oxygen atoms in total. The number of amides is 2. The summed E-state index contributed by atoms with van der Waals surface area (Å²) in [7, 11) is 0. The van der Waals surface area contributed by atoms with E-state index in [4.69, 9.17) is 9.47 Å². The lowest BCUT2D eigenvalue weighted by molar-refractivity contribution is -0.149. The topological polar surface area (TPSA) is 134 Å². The van der Waals surface area contributed by atoms with Gasteiger partial charge in [-0.2, -0.15) is 0 Å². The molecule has 0 saturated carbocycles. The number of hydrogen-bond acceptors (Lipinski definition) is 8. The van der Waals surface area contributed by atoms with Crippen LogP contribution in [0.15, 0.2) is 66.0 Å². The predicted molar refractivity (Wildman–Crippen MR) is 177 cm³/mol.